The van der Waals surface area contributed by atoms with Gasteiger partial charge in [-0.3, -0.25) is 9.69 Å². The van der Waals surface area contributed by atoms with Crippen LogP contribution < -0.4 is 5.32 Å². The smallest absolute Gasteiger partial charge is 0.254 e. The lowest BCUT2D eigenvalue weighted by atomic mass is 10.0. The lowest BCUT2D eigenvalue weighted by Gasteiger charge is -2.23. The van der Waals surface area contributed by atoms with E-state index in [0.717, 1.165) is 69.8 Å². The Balaban J connectivity index is 2.00. The molecule has 23 heavy (non-hydrogen) atoms. The van der Waals surface area contributed by atoms with E-state index in [9.17, 15) is 4.79 Å². The predicted molar refractivity (Wildman–Crippen MR) is 92.9 cm³/mol. The van der Waals surface area contributed by atoms with E-state index < -0.39 is 0 Å². The molecule has 1 aromatic carbocycles. The molecule has 1 amide bonds. The standard InChI is InChI=1S/C18H29N3O2/c1-19-9-8-16-6-3-4-7-17(16)18(22)21-11-5-10-20(12-13-21)14-15-23-2/h3-4,6-7,19H,5,8-15H2,1-2H3. The van der Waals surface area contributed by atoms with Crippen molar-refractivity contribution in [2.45, 2.75) is 12.8 Å². The van der Waals surface area contributed by atoms with Gasteiger partial charge in [0.1, 0.15) is 0 Å². The number of nitrogens with zero attached hydrogens (tertiary/aromatic N) is 2. The quantitative estimate of drug-likeness (QED) is 0.821. The number of ether oxygens (including phenoxy) is 1. The lowest BCUT2D eigenvalue weighted by Crippen LogP contribution is -2.36. The van der Waals surface area contributed by atoms with E-state index in [0.29, 0.717) is 0 Å². The lowest BCUT2D eigenvalue weighted by molar-refractivity contribution is 0.0758. The molecule has 128 valence electrons. The van der Waals surface area contributed by atoms with Crippen LogP contribution >= 0.6 is 0 Å². The Kier molecular flexibility index (Phi) is 7.52. The van der Waals surface area contributed by atoms with Crippen molar-refractivity contribution in [2.75, 3.05) is 60.0 Å². The van der Waals surface area contributed by atoms with Gasteiger partial charge in [0.05, 0.1) is 6.61 Å². The summed E-state index contributed by atoms with van der Waals surface area (Å²) in [5, 5.41) is 3.15. The Morgan fingerprint density at radius 1 is 1.22 bits per heavy atom. The average molecular weight is 319 g/mol. The maximum atomic E-state index is 12.9. The number of benzene rings is 1. The molecule has 1 aromatic rings. The number of nitrogens with one attached hydrogen (secondary N) is 1. The molecule has 0 atom stereocenters. The molecule has 0 aliphatic carbocycles. The van der Waals surface area contributed by atoms with E-state index in [-0.39, 0.29) is 5.91 Å². The van der Waals surface area contributed by atoms with Crippen LogP contribution in [0.5, 0.6) is 0 Å². The third-order valence-corrected chi connectivity index (χ3v) is 4.38. The second-order valence-corrected chi connectivity index (χ2v) is 5.99. The molecule has 1 aliphatic heterocycles. The normalized spacial score (nSPS) is 16.3. The summed E-state index contributed by atoms with van der Waals surface area (Å²) in [6.45, 7) is 6.17. The zero-order valence-electron chi connectivity index (χ0n) is 14.4. The minimum Gasteiger partial charge on any atom is -0.383 e. The predicted octanol–water partition coefficient (Wildman–Crippen LogP) is 1.24. The third kappa shape index (κ3) is 5.30. The third-order valence-electron chi connectivity index (χ3n) is 4.38. The van der Waals surface area contributed by atoms with Crippen LogP contribution in [0.1, 0.15) is 22.3 Å². The second kappa shape index (κ2) is 9.65. The van der Waals surface area contributed by atoms with Gasteiger partial charge in [0.2, 0.25) is 0 Å². The van der Waals surface area contributed by atoms with Crippen molar-refractivity contribution >= 4 is 5.91 Å². The Hall–Kier alpha value is -1.43. The molecule has 1 fully saturated rings. The number of hydrogen-bond acceptors (Lipinski definition) is 4. The van der Waals surface area contributed by atoms with Crippen LogP contribution in [0.3, 0.4) is 0 Å². The summed E-state index contributed by atoms with van der Waals surface area (Å²) in [5.74, 6) is 0.172. The van der Waals surface area contributed by atoms with Gasteiger partial charge in [-0.25, -0.2) is 0 Å². The largest absolute Gasteiger partial charge is 0.383 e. The number of carbonyl (C=O) groups excluding carboxylic acids is 1. The fourth-order valence-electron chi connectivity index (χ4n) is 2.99. The van der Waals surface area contributed by atoms with E-state index in [4.69, 9.17) is 4.74 Å². The van der Waals surface area contributed by atoms with Gasteiger partial charge in [-0.15, -0.1) is 0 Å². The Bertz CT molecular complexity index is 493. The van der Waals surface area contributed by atoms with Crippen molar-refractivity contribution in [3.8, 4) is 0 Å². The highest BCUT2D eigenvalue weighted by molar-refractivity contribution is 5.95. The zero-order chi connectivity index (χ0) is 16.5. The number of rotatable bonds is 7. The number of hydrogen-bond donors (Lipinski definition) is 1. The molecule has 0 unspecified atom stereocenters. The van der Waals surface area contributed by atoms with Crippen molar-refractivity contribution in [3.05, 3.63) is 35.4 Å². The number of amides is 1. The highest BCUT2D eigenvalue weighted by atomic mass is 16.5. The molecular formula is C18H29N3O2. The Labute approximate surface area is 139 Å². The van der Waals surface area contributed by atoms with Crippen molar-refractivity contribution in [2.24, 2.45) is 0 Å². The number of methoxy groups -OCH3 is 1. The summed E-state index contributed by atoms with van der Waals surface area (Å²) in [6, 6.07) is 7.99. The Morgan fingerprint density at radius 3 is 2.83 bits per heavy atom. The second-order valence-electron chi connectivity index (χ2n) is 5.99. The molecule has 5 nitrogen and oxygen atoms in total. The molecular weight excluding hydrogens is 290 g/mol. The first kappa shape index (κ1) is 17.9. The molecule has 0 radical (unpaired) electrons. The molecule has 2 rings (SSSR count). The van der Waals surface area contributed by atoms with Crippen LogP contribution in [0, 0.1) is 0 Å². The van der Waals surface area contributed by atoms with E-state index in [2.05, 4.69) is 16.3 Å². The maximum absolute atomic E-state index is 12.9. The van der Waals surface area contributed by atoms with E-state index >= 15 is 0 Å². The van der Waals surface area contributed by atoms with Gasteiger partial charge in [-0.1, -0.05) is 18.2 Å². The van der Waals surface area contributed by atoms with Gasteiger partial charge < -0.3 is 15.0 Å². The van der Waals surface area contributed by atoms with Gasteiger partial charge in [0.25, 0.3) is 5.91 Å². The molecule has 1 saturated heterocycles. The summed E-state index contributed by atoms with van der Waals surface area (Å²) in [7, 11) is 3.67. The highest BCUT2D eigenvalue weighted by Crippen LogP contribution is 2.14. The van der Waals surface area contributed by atoms with Crippen molar-refractivity contribution < 1.29 is 9.53 Å². The van der Waals surface area contributed by atoms with Gasteiger partial charge in [0.15, 0.2) is 0 Å². The van der Waals surface area contributed by atoms with E-state index in [1.54, 1.807) is 7.11 Å². The number of carbonyl (C=O) groups is 1. The summed E-state index contributed by atoms with van der Waals surface area (Å²) in [5.41, 5.74) is 1.99. The van der Waals surface area contributed by atoms with Crippen LogP contribution in [0.15, 0.2) is 24.3 Å². The number of likely N-dealkylation sites (N-methyl/N-ethyl adjacent to an activating group) is 1. The minimum atomic E-state index is 0.172. The van der Waals surface area contributed by atoms with E-state index in [1.165, 1.54) is 0 Å². The summed E-state index contributed by atoms with van der Waals surface area (Å²) in [6.07, 6.45) is 1.90. The van der Waals surface area contributed by atoms with Gasteiger partial charge in [0, 0.05) is 38.9 Å². The first-order valence-electron chi connectivity index (χ1n) is 8.49. The molecule has 5 heteroatoms. The molecule has 1 heterocycles. The van der Waals surface area contributed by atoms with Crippen LogP contribution in [0.2, 0.25) is 0 Å². The first-order valence-corrected chi connectivity index (χ1v) is 8.49. The average Bonchev–Trinajstić information content (AvgIpc) is 2.83. The summed E-state index contributed by atoms with van der Waals surface area (Å²) < 4.78 is 5.15. The molecule has 0 spiro atoms. The van der Waals surface area contributed by atoms with Crippen LogP contribution in [0.25, 0.3) is 0 Å². The van der Waals surface area contributed by atoms with Crippen molar-refractivity contribution in [1.29, 1.82) is 0 Å². The summed E-state index contributed by atoms with van der Waals surface area (Å²) in [4.78, 5) is 17.3. The van der Waals surface area contributed by atoms with Crippen LogP contribution in [-0.2, 0) is 11.2 Å². The first-order chi connectivity index (χ1) is 11.3. The fourth-order valence-corrected chi connectivity index (χ4v) is 2.99. The molecule has 0 aromatic heterocycles. The molecule has 1 aliphatic rings. The molecule has 1 N–H and O–H groups in total. The van der Waals surface area contributed by atoms with Gasteiger partial charge in [-0.05, 0) is 44.6 Å². The topological polar surface area (TPSA) is 44.8 Å². The van der Waals surface area contributed by atoms with E-state index in [1.807, 2.05) is 30.1 Å². The fraction of sp³-hybridized carbons (Fsp3) is 0.611. The Morgan fingerprint density at radius 2 is 2.04 bits per heavy atom. The monoisotopic (exact) mass is 319 g/mol. The van der Waals surface area contributed by atoms with Crippen molar-refractivity contribution in [1.82, 2.24) is 15.1 Å². The minimum absolute atomic E-state index is 0.172. The molecule has 0 saturated carbocycles. The van der Waals surface area contributed by atoms with Crippen LogP contribution in [-0.4, -0.2) is 75.7 Å². The SMILES string of the molecule is CNCCc1ccccc1C(=O)N1CCCN(CCOC)CC1. The van der Waals surface area contributed by atoms with Gasteiger partial charge >= 0.3 is 0 Å². The zero-order valence-corrected chi connectivity index (χ0v) is 14.4. The van der Waals surface area contributed by atoms with Crippen LogP contribution in [0.4, 0.5) is 0 Å². The highest BCUT2D eigenvalue weighted by Gasteiger charge is 2.21. The van der Waals surface area contributed by atoms with Gasteiger partial charge in [-0.2, -0.15) is 0 Å². The molecule has 0 bridgehead atoms. The van der Waals surface area contributed by atoms with Crippen molar-refractivity contribution in [3.63, 3.8) is 0 Å². The summed E-state index contributed by atoms with van der Waals surface area (Å²) >= 11 is 0. The maximum Gasteiger partial charge on any atom is 0.254 e.